The van der Waals surface area contributed by atoms with Crippen LogP contribution in [0.2, 0.25) is 0 Å². The highest BCUT2D eigenvalue weighted by Crippen LogP contribution is 2.37. The lowest BCUT2D eigenvalue weighted by Gasteiger charge is -2.22. The van der Waals surface area contributed by atoms with Crippen molar-refractivity contribution in [2.75, 3.05) is 0 Å². The molecule has 0 aliphatic heterocycles. The lowest BCUT2D eigenvalue weighted by Crippen LogP contribution is -2.35. The summed E-state index contributed by atoms with van der Waals surface area (Å²) in [5.74, 6) is -3.62. The summed E-state index contributed by atoms with van der Waals surface area (Å²) in [5, 5.41) is 6.82. The monoisotopic (exact) mass is 354 g/mol. The molecule has 2 aromatic heterocycles. The minimum absolute atomic E-state index is 0.111. The van der Waals surface area contributed by atoms with Crippen LogP contribution in [0.4, 0.5) is 8.78 Å². The van der Waals surface area contributed by atoms with E-state index in [4.69, 9.17) is 4.52 Å². The Bertz CT molecular complexity index is 727. The van der Waals surface area contributed by atoms with Crippen molar-refractivity contribution in [3.63, 3.8) is 0 Å². The van der Waals surface area contributed by atoms with Gasteiger partial charge in [0.15, 0.2) is 0 Å². The van der Waals surface area contributed by atoms with E-state index in [1.165, 1.54) is 17.8 Å². The zero-order valence-electron chi connectivity index (χ0n) is 13.7. The number of carbonyl (C=O) groups excluding carboxylic acids is 1. The SMILES string of the molecule is Cc1c(-c2ccc(C(=O)NC3CCCCC3)s2)noc1C(C)(F)F. The van der Waals surface area contributed by atoms with Gasteiger partial charge in [-0.05, 0) is 31.9 Å². The Balaban J connectivity index is 1.76. The molecule has 7 heteroatoms. The second kappa shape index (κ2) is 6.63. The summed E-state index contributed by atoms with van der Waals surface area (Å²) in [6.07, 6.45) is 5.55. The van der Waals surface area contributed by atoms with Crippen LogP contribution in [-0.4, -0.2) is 17.1 Å². The quantitative estimate of drug-likeness (QED) is 0.851. The normalized spacial score (nSPS) is 16.3. The minimum atomic E-state index is -3.08. The molecule has 0 bridgehead atoms. The van der Waals surface area contributed by atoms with E-state index < -0.39 is 11.7 Å². The van der Waals surface area contributed by atoms with Crippen LogP contribution in [-0.2, 0) is 5.92 Å². The summed E-state index contributed by atoms with van der Waals surface area (Å²) >= 11 is 1.24. The van der Waals surface area contributed by atoms with E-state index in [2.05, 4.69) is 10.5 Å². The maximum absolute atomic E-state index is 13.4. The average molecular weight is 354 g/mol. The molecule has 2 heterocycles. The van der Waals surface area contributed by atoms with Crippen molar-refractivity contribution < 1.29 is 18.1 Å². The molecule has 1 fully saturated rings. The summed E-state index contributed by atoms with van der Waals surface area (Å²) in [6.45, 7) is 2.34. The van der Waals surface area contributed by atoms with Crippen LogP contribution >= 0.6 is 11.3 Å². The lowest BCUT2D eigenvalue weighted by molar-refractivity contribution is -0.0112. The topological polar surface area (TPSA) is 55.1 Å². The van der Waals surface area contributed by atoms with E-state index in [0.29, 0.717) is 21.0 Å². The van der Waals surface area contributed by atoms with E-state index >= 15 is 0 Å². The molecular formula is C17H20F2N2O2S. The highest BCUT2D eigenvalue weighted by atomic mass is 32.1. The molecule has 1 saturated carbocycles. The molecule has 0 atom stereocenters. The molecule has 0 spiro atoms. The number of alkyl halides is 2. The van der Waals surface area contributed by atoms with Gasteiger partial charge in [-0.25, -0.2) is 0 Å². The Morgan fingerprint density at radius 2 is 2.04 bits per heavy atom. The third kappa shape index (κ3) is 3.50. The van der Waals surface area contributed by atoms with E-state index in [0.717, 1.165) is 32.6 Å². The van der Waals surface area contributed by atoms with Crippen LogP contribution in [0.15, 0.2) is 16.7 Å². The van der Waals surface area contributed by atoms with Gasteiger partial charge in [0.05, 0.1) is 9.75 Å². The number of thiophene rings is 1. The highest BCUT2D eigenvalue weighted by molar-refractivity contribution is 7.17. The van der Waals surface area contributed by atoms with Gasteiger partial charge in [-0.2, -0.15) is 8.78 Å². The van der Waals surface area contributed by atoms with Gasteiger partial charge in [0.25, 0.3) is 5.91 Å². The number of aromatic nitrogens is 1. The molecule has 130 valence electrons. The first-order valence-electron chi connectivity index (χ1n) is 8.12. The third-order valence-electron chi connectivity index (χ3n) is 4.33. The van der Waals surface area contributed by atoms with Crippen molar-refractivity contribution in [2.24, 2.45) is 0 Å². The second-order valence-electron chi connectivity index (χ2n) is 6.35. The van der Waals surface area contributed by atoms with Crippen molar-refractivity contribution in [1.82, 2.24) is 10.5 Å². The number of hydrogen-bond acceptors (Lipinski definition) is 4. The Morgan fingerprint density at radius 1 is 1.33 bits per heavy atom. The van der Waals surface area contributed by atoms with Gasteiger partial charge >= 0.3 is 5.92 Å². The number of nitrogens with one attached hydrogen (secondary N) is 1. The van der Waals surface area contributed by atoms with E-state index in [-0.39, 0.29) is 11.9 Å². The molecule has 0 aromatic carbocycles. The van der Waals surface area contributed by atoms with E-state index in [1.54, 1.807) is 19.1 Å². The summed E-state index contributed by atoms with van der Waals surface area (Å²) in [5.41, 5.74) is 0.678. The van der Waals surface area contributed by atoms with Gasteiger partial charge in [-0.1, -0.05) is 24.4 Å². The second-order valence-corrected chi connectivity index (χ2v) is 7.43. The number of halogens is 2. The van der Waals surface area contributed by atoms with Crippen LogP contribution in [0.1, 0.15) is 60.0 Å². The fraction of sp³-hybridized carbons (Fsp3) is 0.529. The van der Waals surface area contributed by atoms with Gasteiger partial charge < -0.3 is 9.84 Å². The molecule has 3 rings (SSSR count). The van der Waals surface area contributed by atoms with E-state index in [1.807, 2.05) is 0 Å². The van der Waals surface area contributed by atoms with Crippen LogP contribution < -0.4 is 5.32 Å². The Labute approximate surface area is 143 Å². The number of nitrogens with zero attached hydrogens (tertiary/aromatic N) is 1. The van der Waals surface area contributed by atoms with Gasteiger partial charge in [-0.15, -0.1) is 11.3 Å². The zero-order chi connectivity index (χ0) is 17.3. The van der Waals surface area contributed by atoms with Gasteiger partial charge in [0.1, 0.15) is 5.69 Å². The molecule has 1 N–H and O–H groups in total. The zero-order valence-corrected chi connectivity index (χ0v) is 14.5. The Morgan fingerprint density at radius 3 is 2.67 bits per heavy atom. The Kier molecular flexibility index (Phi) is 4.71. The lowest BCUT2D eigenvalue weighted by atomic mass is 9.95. The molecule has 0 saturated heterocycles. The Hall–Kier alpha value is -1.76. The molecule has 1 aliphatic rings. The average Bonchev–Trinajstić information content (AvgIpc) is 3.14. The molecule has 0 unspecified atom stereocenters. The van der Waals surface area contributed by atoms with Crippen molar-refractivity contribution in [2.45, 2.75) is 57.9 Å². The summed E-state index contributed by atoms with van der Waals surface area (Å²) in [7, 11) is 0. The van der Waals surface area contributed by atoms with Crippen molar-refractivity contribution in [3.05, 3.63) is 28.3 Å². The number of carbonyl (C=O) groups is 1. The highest BCUT2D eigenvalue weighted by Gasteiger charge is 2.33. The van der Waals surface area contributed by atoms with Crippen LogP contribution in [0.5, 0.6) is 0 Å². The maximum Gasteiger partial charge on any atom is 0.304 e. The predicted molar refractivity (Wildman–Crippen MR) is 88.5 cm³/mol. The standard InChI is InChI=1S/C17H20F2N2O2S/c1-10-14(21-23-15(10)17(2,18)19)12-8-9-13(24-12)16(22)20-11-6-4-3-5-7-11/h8-9,11H,3-7H2,1-2H3,(H,20,22). The van der Waals surface area contributed by atoms with Crippen molar-refractivity contribution in [1.29, 1.82) is 0 Å². The molecular weight excluding hydrogens is 334 g/mol. The van der Waals surface area contributed by atoms with Crippen LogP contribution in [0.25, 0.3) is 10.6 Å². The smallest absolute Gasteiger partial charge is 0.304 e. The number of amides is 1. The van der Waals surface area contributed by atoms with Crippen LogP contribution in [0.3, 0.4) is 0 Å². The molecule has 0 radical (unpaired) electrons. The van der Waals surface area contributed by atoms with Crippen molar-refractivity contribution >= 4 is 17.2 Å². The number of rotatable bonds is 4. The van der Waals surface area contributed by atoms with E-state index in [9.17, 15) is 13.6 Å². The molecule has 1 amide bonds. The molecule has 4 nitrogen and oxygen atoms in total. The first kappa shape index (κ1) is 17.1. The van der Waals surface area contributed by atoms with Crippen LogP contribution in [0, 0.1) is 6.92 Å². The van der Waals surface area contributed by atoms with Crippen molar-refractivity contribution in [3.8, 4) is 10.6 Å². The molecule has 2 aromatic rings. The largest absolute Gasteiger partial charge is 0.354 e. The maximum atomic E-state index is 13.4. The fourth-order valence-corrected chi connectivity index (χ4v) is 4.01. The fourth-order valence-electron chi connectivity index (χ4n) is 3.07. The molecule has 1 aliphatic carbocycles. The third-order valence-corrected chi connectivity index (χ3v) is 5.42. The first-order chi connectivity index (χ1) is 11.4. The van der Waals surface area contributed by atoms with Gasteiger partial charge in [0.2, 0.25) is 5.76 Å². The van der Waals surface area contributed by atoms with Gasteiger partial charge in [0, 0.05) is 18.5 Å². The predicted octanol–water partition coefficient (Wildman–Crippen LogP) is 4.89. The number of hydrogen-bond donors (Lipinski definition) is 1. The van der Waals surface area contributed by atoms with Gasteiger partial charge in [-0.3, -0.25) is 4.79 Å². The first-order valence-corrected chi connectivity index (χ1v) is 8.93. The summed E-state index contributed by atoms with van der Waals surface area (Å²) in [4.78, 5) is 13.6. The molecule has 24 heavy (non-hydrogen) atoms. The summed E-state index contributed by atoms with van der Waals surface area (Å²) < 4.78 is 31.7. The minimum Gasteiger partial charge on any atom is -0.354 e. The summed E-state index contributed by atoms with van der Waals surface area (Å²) in [6, 6.07) is 3.66.